The van der Waals surface area contributed by atoms with E-state index < -0.39 is 0 Å². The lowest BCUT2D eigenvalue weighted by Crippen LogP contribution is -3.00. The molecule has 0 bridgehead atoms. The van der Waals surface area contributed by atoms with Crippen LogP contribution in [-0.4, -0.2) is 24.6 Å². The molecular weight excluding hydrogens is 541 g/mol. The van der Waals surface area contributed by atoms with Crippen LogP contribution in [0.1, 0.15) is 33.9 Å². The highest BCUT2D eigenvalue weighted by molar-refractivity contribution is 6.35. The smallest absolute Gasteiger partial charge is 0.231 e. The van der Waals surface area contributed by atoms with Crippen LogP contribution in [0.15, 0.2) is 42.5 Å². The van der Waals surface area contributed by atoms with E-state index in [9.17, 15) is 0 Å². The van der Waals surface area contributed by atoms with E-state index in [1.807, 2.05) is 18.2 Å². The maximum absolute atomic E-state index is 6.67. The summed E-state index contributed by atoms with van der Waals surface area (Å²) in [7, 11) is 0. The molecule has 4 aliphatic rings. The summed E-state index contributed by atoms with van der Waals surface area (Å²) >= 11 is 12.9. The molecule has 0 amide bonds. The number of fused-ring (bicyclic) bond motifs is 7. The Morgan fingerprint density at radius 2 is 1.65 bits per heavy atom. The minimum absolute atomic E-state index is 0. The molecule has 34 heavy (non-hydrogen) atoms. The molecule has 176 valence electrons. The Labute approximate surface area is 218 Å². The molecule has 0 spiro atoms. The molecule has 0 saturated carbocycles. The quantitative estimate of drug-likeness (QED) is 0.450. The maximum atomic E-state index is 6.67. The first kappa shape index (κ1) is 22.4. The van der Waals surface area contributed by atoms with Gasteiger partial charge in [0.1, 0.15) is 19.1 Å². The van der Waals surface area contributed by atoms with E-state index in [1.165, 1.54) is 22.3 Å². The van der Waals surface area contributed by atoms with Crippen LogP contribution in [0, 0.1) is 0 Å². The topological polar surface area (TPSA) is 36.9 Å². The first-order chi connectivity index (χ1) is 16.1. The van der Waals surface area contributed by atoms with E-state index in [2.05, 4.69) is 24.3 Å². The fourth-order valence-corrected chi connectivity index (χ4v) is 6.47. The van der Waals surface area contributed by atoms with Gasteiger partial charge in [0.25, 0.3) is 0 Å². The number of benzene rings is 3. The van der Waals surface area contributed by atoms with E-state index in [-0.39, 0.29) is 36.6 Å². The number of halogens is 3. The van der Waals surface area contributed by atoms with Gasteiger partial charge < -0.3 is 40.4 Å². The summed E-state index contributed by atoms with van der Waals surface area (Å²) in [4.78, 5) is 0. The van der Waals surface area contributed by atoms with Crippen molar-refractivity contribution in [3.8, 4) is 23.0 Å². The molecule has 2 unspecified atom stereocenters. The summed E-state index contributed by atoms with van der Waals surface area (Å²) < 4.78 is 23.9. The summed E-state index contributed by atoms with van der Waals surface area (Å²) in [5.74, 6) is 3.45. The predicted molar refractivity (Wildman–Crippen MR) is 124 cm³/mol. The Hall–Kier alpha value is -2.12. The molecule has 4 aliphatic heterocycles. The molecule has 0 N–H and O–H groups in total. The second-order valence-electron chi connectivity index (χ2n) is 9.31. The average molecular weight is 563 g/mol. The van der Waals surface area contributed by atoms with Crippen molar-refractivity contribution in [2.45, 2.75) is 32.0 Å². The molecular formula is C26H22BrCl2NO4. The Balaban J connectivity index is 0.00000217. The average Bonchev–Trinajstić information content (AvgIpc) is 3.47. The van der Waals surface area contributed by atoms with Gasteiger partial charge >= 0.3 is 0 Å². The third-order valence-corrected chi connectivity index (χ3v) is 8.19. The fraction of sp³-hybridized carbons (Fsp3) is 0.308. The molecule has 5 nitrogen and oxygen atoms in total. The number of hydrogen-bond acceptors (Lipinski definition) is 4. The molecule has 8 heteroatoms. The molecule has 2 atom stereocenters. The molecule has 7 rings (SSSR count). The second kappa shape index (κ2) is 8.23. The number of hydrogen-bond donors (Lipinski definition) is 0. The van der Waals surface area contributed by atoms with Crippen molar-refractivity contribution < 1.29 is 40.4 Å². The molecule has 3 aromatic rings. The van der Waals surface area contributed by atoms with E-state index >= 15 is 0 Å². The monoisotopic (exact) mass is 561 g/mol. The first-order valence-corrected chi connectivity index (χ1v) is 12.0. The number of nitrogens with zero attached hydrogens (tertiary/aromatic N) is 1. The largest absolute Gasteiger partial charge is 1.00 e. The van der Waals surface area contributed by atoms with Crippen molar-refractivity contribution >= 4 is 23.2 Å². The highest BCUT2D eigenvalue weighted by Crippen LogP contribution is 2.52. The van der Waals surface area contributed by atoms with Gasteiger partial charge in [0.15, 0.2) is 23.0 Å². The molecule has 0 fully saturated rings. The van der Waals surface area contributed by atoms with Crippen molar-refractivity contribution in [3.05, 3.63) is 80.3 Å². The van der Waals surface area contributed by atoms with Crippen molar-refractivity contribution in [2.75, 3.05) is 20.1 Å². The summed E-state index contributed by atoms with van der Waals surface area (Å²) in [6.07, 6.45) is 1.89. The van der Waals surface area contributed by atoms with Gasteiger partial charge in [-0.25, -0.2) is 0 Å². The molecule has 4 heterocycles. The lowest BCUT2D eigenvalue weighted by Gasteiger charge is -2.51. The number of ether oxygens (including phenoxy) is 4. The van der Waals surface area contributed by atoms with Crippen molar-refractivity contribution in [1.82, 2.24) is 0 Å². The predicted octanol–water partition coefficient (Wildman–Crippen LogP) is 2.83. The van der Waals surface area contributed by atoms with E-state index in [0.717, 1.165) is 65.5 Å². The van der Waals surface area contributed by atoms with E-state index in [4.69, 9.17) is 42.1 Å². The van der Waals surface area contributed by atoms with Gasteiger partial charge in [-0.05, 0) is 41.5 Å². The first-order valence-electron chi connectivity index (χ1n) is 11.2. The van der Waals surface area contributed by atoms with Crippen LogP contribution in [0.4, 0.5) is 0 Å². The molecule has 0 saturated heterocycles. The van der Waals surface area contributed by atoms with Gasteiger partial charge in [-0.2, -0.15) is 0 Å². The SMILES string of the molecule is Clc1ccc(C[N+]23CCc4cc5c(cc4C2Cc2ccc4c(c2C3)OCO4)OCO5)c(Cl)c1.[Br-]. The summed E-state index contributed by atoms with van der Waals surface area (Å²) in [5, 5.41) is 1.37. The van der Waals surface area contributed by atoms with Crippen LogP contribution in [-0.2, 0) is 25.9 Å². The zero-order chi connectivity index (χ0) is 22.2. The van der Waals surface area contributed by atoms with Crippen LogP contribution in [0.25, 0.3) is 0 Å². The van der Waals surface area contributed by atoms with E-state index in [0.29, 0.717) is 10.0 Å². The van der Waals surface area contributed by atoms with Crippen molar-refractivity contribution in [2.24, 2.45) is 0 Å². The highest BCUT2D eigenvalue weighted by atomic mass is 79.9. The van der Waals surface area contributed by atoms with Gasteiger partial charge in [0.05, 0.1) is 17.1 Å². The van der Waals surface area contributed by atoms with Crippen molar-refractivity contribution in [3.63, 3.8) is 0 Å². The Kier molecular flexibility index (Phi) is 5.41. The second-order valence-corrected chi connectivity index (χ2v) is 10.1. The van der Waals surface area contributed by atoms with Gasteiger partial charge in [-0.3, -0.25) is 0 Å². The Morgan fingerprint density at radius 1 is 0.853 bits per heavy atom. The summed E-state index contributed by atoms with van der Waals surface area (Å²) in [5.41, 5.74) is 6.40. The lowest BCUT2D eigenvalue weighted by molar-refractivity contribution is -0.985. The molecule has 0 radical (unpaired) electrons. The van der Waals surface area contributed by atoms with Gasteiger partial charge in [0.2, 0.25) is 13.6 Å². The highest BCUT2D eigenvalue weighted by Gasteiger charge is 2.48. The summed E-state index contributed by atoms with van der Waals surface area (Å²) in [6, 6.07) is 14.7. The van der Waals surface area contributed by atoms with E-state index in [1.54, 1.807) is 0 Å². The van der Waals surface area contributed by atoms with Gasteiger partial charge in [0, 0.05) is 29.0 Å². The lowest BCUT2D eigenvalue weighted by atomic mass is 9.80. The number of quaternary nitrogens is 1. The van der Waals surface area contributed by atoms with Crippen LogP contribution in [0.2, 0.25) is 10.0 Å². The third-order valence-electron chi connectivity index (χ3n) is 7.61. The molecule has 0 aliphatic carbocycles. The zero-order valence-corrected chi connectivity index (χ0v) is 21.4. The third kappa shape index (κ3) is 3.38. The minimum Gasteiger partial charge on any atom is -1.00 e. The maximum Gasteiger partial charge on any atom is 0.231 e. The Morgan fingerprint density at radius 3 is 2.50 bits per heavy atom. The standard InChI is InChI=1S/C26H22Cl2NO4.BrH/c27-18-3-1-17(21(28)9-18)11-29-6-5-16-8-24-25(32-13-31-24)10-19(16)22(29)7-15-2-4-23-26(20(15)12-29)33-14-30-23;/h1-4,8-10,22H,5-7,11-14H2;1H/q+1;/p-1. The minimum atomic E-state index is 0. The number of rotatable bonds is 2. The van der Waals surface area contributed by atoms with Crippen LogP contribution in [0.5, 0.6) is 23.0 Å². The summed E-state index contributed by atoms with van der Waals surface area (Å²) in [6.45, 7) is 3.25. The van der Waals surface area contributed by atoms with Gasteiger partial charge in [-0.15, -0.1) is 0 Å². The van der Waals surface area contributed by atoms with Gasteiger partial charge in [-0.1, -0.05) is 35.3 Å². The fourth-order valence-electron chi connectivity index (χ4n) is 6.01. The Bertz CT molecular complexity index is 1320. The van der Waals surface area contributed by atoms with Crippen molar-refractivity contribution in [1.29, 1.82) is 0 Å². The molecule has 3 aromatic carbocycles. The van der Waals surface area contributed by atoms with Crippen LogP contribution in [0.3, 0.4) is 0 Å². The normalized spacial score (nSPS) is 22.9. The van der Waals surface area contributed by atoms with Crippen LogP contribution < -0.4 is 35.9 Å². The molecule has 0 aromatic heterocycles. The van der Waals surface area contributed by atoms with Crippen LogP contribution >= 0.6 is 23.2 Å². The zero-order valence-electron chi connectivity index (χ0n) is 18.3.